The predicted octanol–water partition coefficient (Wildman–Crippen LogP) is 0.989. The lowest BCUT2D eigenvalue weighted by atomic mass is 9.81. The Balaban J connectivity index is 1.45. The number of fused-ring (bicyclic) bond motifs is 2. The molecule has 1 aromatic rings. The first-order valence-corrected chi connectivity index (χ1v) is 8.75. The summed E-state index contributed by atoms with van der Waals surface area (Å²) in [5.41, 5.74) is -0.0259. The maximum absolute atomic E-state index is 12.7. The highest BCUT2D eigenvalue weighted by molar-refractivity contribution is 5.83. The van der Waals surface area contributed by atoms with Crippen molar-refractivity contribution in [2.45, 2.75) is 6.42 Å². The van der Waals surface area contributed by atoms with E-state index in [1.54, 1.807) is 17.0 Å². The normalized spacial score (nSPS) is 26.8. The summed E-state index contributed by atoms with van der Waals surface area (Å²) >= 11 is 0. The maximum Gasteiger partial charge on any atom is 0.313 e. The Morgan fingerprint density at radius 2 is 2.08 bits per heavy atom. The molecule has 0 spiro atoms. The second kappa shape index (κ2) is 6.32. The van der Waals surface area contributed by atoms with Crippen LogP contribution in [0.2, 0.25) is 0 Å². The van der Waals surface area contributed by atoms with Crippen LogP contribution < -0.4 is 9.47 Å². The van der Waals surface area contributed by atoms with E-state index in [2.05, 4.69) is 11.5 Å². The Hall–Kier alpha value is -2.54. The zero-order chi connectivity index (χ0) is 18.3. The van der Waals surface area contributed by atoms with Crippen LogP contribution in [0.3, 0.4) is 0 Å². The molecule has 2 fully saturated rings. The number of amides is 1. The molecule has 3 aliphatic heterocycles. The molecule has 1 amide bonds. The average molecular weight is 358 g/mol. The molecular formula is C19H22N2O5. The van der Waals surface area contributed by atoms with Crippen LogP contribution in [0.15, 0.2) is 30.9 Å². The highest BCUT2D eigenvalue weighted by atomic mass is 16.7. The molecule has 0 aromatic heterocycles. The minimum atomic E-state index is -0.868. The van der Waals surface area contributed by atoms with Crippen molar-refractivity contribution >= 4 is 11.9 Å². The number of carboxylic acid groups (broad SMARTS) is 1. The van der Waals surface area contributed by atoms with Gasteiger partial charge in [0, 0.05) is 38.6 Å². The first kappa shape index (κ1) is 16.9. The summed E-state index contributed by atoms with van der Waals surface area (Å²) in [6.45, 7) is 6.51. The number of nitrogens with zero attached hydrogens (tertiary/aromatic N) is 2. The van der Waals surface area contributed by atoms with Gasteiger partial charge in [-0.1, -0.05) is 12.1 Å². The summed E-state index contributed by atoms with van der Waals surface area (Å²) < 4.78 is 10.6. The van der Waals surface area contributed by atoms with Gasteiger partial charge in [-0.3, -0.25) is 14.5 Å². The van der Waals surface area contributed by atoms with Gasteiger partial charge in [0.2, 0.25) is 12.7 Å². The first-order valence-electron chi connectivity index (χ1n) is 8.75. The molecule has 0 unspecified atom stereocenters. The molecule has 1 aromatic carbocycles. The van der Waals surface area contributed by atoms with Crippen LogP contribution in [-0.2, 0) is 16.0 Å². The Labute approximate surface area is 151 Å². The molecule has 2 saturated heterocycles. The number of carboxylic acids is 1. The molecule has 26 heavy (non-hydrogen) atoms. The number of aliphatic carboxylic acids is 1. The van der Waals surface area contributed by atoms with Crippen LogP contribution in [-0.4, -0.2) is 66.3 Å². The van der Waals surface area contributed by atoms with Crippen molar-refractivity contribution in [3.05, 3.63) is 36.4 Å². The van der Waals surface area contributed by atoms with Crippen molar-refractivity contribution in [2.75, 3.05) is 39.5 Å². The molecular weight excluding hydrogens is 336 g/mol. The number of carbonyl (C=O) groups is 2. The molecule has 0 bridgehead atoms. The summed E-state index contributed by atoms with van der Waals surface area (Å²) in [5, 5.41) is 9.83. The summed E-state index contributed by atoms with van der Waals surface area (Å²) in [4.78, 5) is 28.5. The summed E-state index contributed by atoms with van der Waals surface area (Å²) in [7, 11) is 0. The van der Waals surface area contributed by atoms with Gasteiger partial charge in [-0.25, -0.2) is 0 Å². The van der Waals surface area contributed by atoms with Crippen LogP contribution in [0.25, 0.3) is 0 Å². The SMILES string of the molecule is C=CCN1C[C@H]2CN(C(=O)Cc3ccc4c(c3)OCO4)C[C@@]2(C(=O)O)C1. The van der Waals surface area contributed by atoms with Gasteiger partial charge >= 0.3 is 5.97 Å². The van der Waals surface area contributed by atoms with Gasteiger partial charge in [-0.15, -0.1) is 6.58 Å². The van der Waals surface area contributed by atoms with E-state index in [9.17, 15) is 14.7 Å². The van der Waals surface area contributed by atoms with Crippen molar-refractivity contribution in [1.29, 1.82) is 0 Å². The molecule has 3 heterocycles. The third kappa shape index (κ3) is 2.72. The lowest BCUT2D eigenvalue weighted by Crippen LogP contribution is -2.42. The van der Waals surface area contributed by atoms with Crippen molar-refractivity contribution < 1.29 is 24.2 Å². The number of hydrogen-bond donors (Lipinski definition) is 1. The lowest BCUT2D eigenvalue weighted by molar-refractivity contribution is -0.149. The van der Waals surface area contributed by atoms with Crippen molar-refractivity contribution in [2.24, 2.45) is 11.3 Å². The zero-order valence-electron chi connectivity index (χ0n) is 14.5. The van der Waals surface area contributed by atoms with Crippen LogP contribution in [0.5, 0.6) is 11.5 Å². The summed E-state index contributed by atoms with van der Waals surface area (Å²) in [5.74, 6) is 0.432. The van der Waals surface area contributed by atoms with Crippen molar-refractivity contribution in [1.82, 2.24) is 9.80 Å². The van der Waals surface area contributed by atoms with E-state index in [1.807, 2.05) is 12.1 Å². The number of benzene rings is 1. The fourth-order valence-corrected chi connectivity index (χ4v) is 4.32. The monoisotopic (exact) mass is 358 g/mol. The largest absolute Gasteiger partial charge is 0.481 e. The predicted molar refractivity (Wildman–Crippen MR) is 93.0 cm³/mol. The van der Waals surface area contributed by atoms with E-state index in [1.165, 1.54) is 0 Å². The van der Waals surface area contributed by atoms with Crippen LogP contribution in [0, 0.1) is 11.3 Å². The second-order valence-corrected chi connectivity index (χ2v) is 7.28. The number of likely N-dealkylation sites (tertiary alicyclic amines) is 2. The van der Waals surface area contributed by atoms with Crippen LogP contribution in [0.4, 0.5) is 0 Å². The standard InChI is InChI=1S/C19H22N2O5/c1-2-5-20-8-14-9-21(11-19(14,10-20)18(23)24)17(22)7-13-3-4-15-16(6-13)26-12-25-15/h2-4,6,14H,1,5,7-12H2,(H,23,24)/t14-,19-/m0/s1. The highest BCUT2D eigenvalue weighted by Crippen LogP contribution is 2.43. The van der Waals surface area contributed by atoms with E-state index in [0.29, 0.717) is 37.7 Å². The third-order valence-electron chi connectivity index (χ3n) is 5.64. The van der Waals surface area contributed by atoms with E-state index in [-0.39, 0.29) is 31.6 Å². The van der Waals surface area contributed by atoms with E-state index in [0.717, 1.165) is 5.56 Å². The molecule has 3 aliphatic rings. The van der Waals surface area contributed by atoms with E-state index < -0.39 is 11.4 Å². The number of carbonyl (C=O) groups excluding carboxylic acids is 1. The highest BCUT2D eigenvalue weighted by Gasteiger charge is 2.58. The summed E-state index contributed by atoms with van der Waals surface area (Å²) in [6.07, 6.45) is 2.02. The van der Waals surface area contributed by atoms with Crippen molar-refractivity contribution in [3.8, 4) is 11.5 Å². The van der Waals surface area contributed by atoms with Gasteiger partial charge < -0.3 is 19.5 Å². The van der Waals surface area contributed by atoms with Gasteiger partial charge in [0.1, 0.15) is 5.41 Å². The maximum atomic E-state index is 12.7. The zero-order valence-corrected chi connectivity index (χ0v) is 14.5. The van der Waals surface area contributed by atoms with E-state index >= 15 is 0 Å². The number of ether oxygens (including phenoxy) is 2. The average Bonchev–Trinajstić information content (AvgIpc) is 3.26. The second-order valence-electron chi connectivity index (χ2n) is 7.28. The smallest absolute Gasteiger partial charge is 0.313 e. The number of rotatable bonds is 5. The molecule has 0 radical (unpaired) electrons. The third-order valence-corrected chi connectivity index (χ3v) is 5.64. The number of hydrogen-bond acceptors (Lipinski definition) is 5. The quantitative estimate of drug-likeness (QED) is 0.791. The molecule has 1 N–H and O–H groups in total. The van der Waals surface area contributed by atoms with Gasteiger partial charge in [-0.05, 0) is 17.7 Å². The Morgan fingerprint density at radius 3 is 2.81 bits per heavy atom. The molecule has 138 valence electrons. The van der Waals surface area contributed by atoms with Crippen LogP contribution in [0.1, 0.15) is 5.56 Å². The van der Waals surface area contributed by atoms with Gasteiger partial charge in [0.15, 0.2) is 11.5 Å². The first-order chi connectivity index (χ1) is 12.5. The fraction of sp³-hybridized carbons (Fsp3) is 0.474. The van der Waals surface area contributed by atoms with E-state index in [4.69, 9.17) is 9.47 Å². The van der Waals surface area contributed by atoms with Crippen molar-refractivity contribution in [3.63, 3.8) is 0 Å². The van der Waals surface area contributed by atoms with Gasteiger partial charge in [0.25, 0.3) is 0 Å². The molecule has 0 aliphatic carbocycles. The minimum absolute atomic E-state index is 0.0411. The molecule has 7 heteroatoms. The Bertz CT molecular complexity index is 764. The molecule has 2 atom stereocenters. The minimum Gasteiger partial charge on any atom is -0.481 e. The molecule has 7 nitrogen and oxygen atoms in total. The van der Waals surface area contributed by atoms with Gasteiger partial charge in [0.05, 0.1) is 6.42 Å². The Kier molecular flexibility index (Phi) is 4.11. The Morgan fingerprint density at radius 1 is 1.27 bits per heavy atom. The molecule has 4 rings (SSSR count). The fourth-order valence-electron chi connectivity index (χ4n) is 4.32. The summed E-state index contributed by atoms with van der Waals surface area (Å²) in [6, 6.07) is 5.46. The lowest BCUT2D eigenvalue weighted by Gasteiger charge is -2.25. The van der Waals surface area contributed by atoms with Crippen LogP contribution >= 0.6 is 0 Å². The topological polar surface area (TPSA) is 79.3 Å². The molecule has 0 saturated carbocycles. The van der Waals surface area contributed by atoms with Gasteiger partial charge in [-0.2, -0.15) is 0 Å².